The first-order chi connectivity index (χ1) is 17.8. The minimum atomic E-state index is -3.80. The summed E-state index contributed by atoms with van der Waals surface area (Å²) in [5.74, 6) is -0.725. The molecule has 2 aliphatic rings. The van der Waals surface area contributed by atoms with Crippen LogP contribution in [0.25, 0.3) is 0 Å². The summed E-state index contributed by atoms with van der Waals surface area (Å²) in [5.41, 5.74) is 8.37. The normalized spacial score (nSPS) is 17.7. The predicted octanol–water partition coefficient (Wildman–Crippen LogP) is 1.65. The average Bonchev–Trinajstić information content (AvgIpc) is 3.59. The molecular weight excluding hydrogens is 513 g/mol. The number of nitrogens with one attached hydrogen (secondary N) is 1. The van der Waals surface area contributed by atoms with Crippen molar-refractivity contribution in [2.45, 2.75) is 62.4 Å². The summed E-state index contributed by atoms with van der Waals surface area (Å²) >= 11 is 0. The zero-order valence-corrected chi connectivity index (χ0v) is 23.1. The second-order valence-electron chi connectivity index (χ2n) is 10.8. The Bertz CT molecular complexity index is 1320. The minimum Gasteiger partial charge on any atom is -0.347 e. The Balaban J connectivity index is 1.47. The molecule has 1 aromatic carbocycles. The number of hydrogen-bond donors (Lipinski definition) is 2. The van der Waals surface area contributed by atoms with E-state index < -0.39 is 25.7 Å². The average molecular weight is 550 g/mol. The fourth-order valence-corrected chi connectivity index (χ4v) is 7.26. The Morgan fingerprint density at radius 3 is 2.55 bits per heavy atom. The number of nitrogens with two attached hydrogens (primary N) is 1. The number of carbonyl (C=O) groups excluding carboxylic acids is 2. The van der Waals surface area contributed by atoms with Crippen molar-refractivity contribution in [3.05, 3.63) is 52.3 Å². The molecular formula is C26H36FN5O5S. The summed E-state index contributed by atoms with van der Waals surface area (Å²) in [7, 11) is -2.20. The van der Waals surface area contributed by atoms with Gasteiger partial charge in [-0.05, 0) is 45.6 Å². The van der Waals surface area contributed by atoms with Gasteiger partial charge in [-0.25, -0.2) is 12.8 Å². The van der Waals surface area contributed by atoms with Crippen molar-refractivity contribution in [2.75, 3.05) is 26.2 Å². The number of carbonyl (C=O) groups is 2. The van der Waals surface area contributed by atoms with Crippen molar-refractivity contribution < 1.29 is 27.1 Å². The lowest BCUT2D eigenvalue weighted by atomic mass is 10.0. The fourth-order valence-electron chi connectivity index (χ4n) is 4.90. The Labute approximate surface area is 222 Å². The molecule has 1 aliphatic carbocycles. The fraction of sp³-hybridized carbons (Fsp3) is 0.577. The van der Waals surface area contributed by atoms with Crippen LogP contribution in [0.5, 0.6) is 0 Å². The molecule has 2 aromatic rings. The Kier molecular flexibility index (Phi) is 7.70. The van der Waals surface area contributed by atoms with Gasteiger partial charge in [-0.3, -0.25) is 14.3 Å². The number of rotatable bonds is 11. The van der Waals surface area contributed by atoms with Crippen LogP contribution in [-0.2, 0) is 34.6 Å². The molecule has 1 atom stereocenters. The number of sulfone groups is 1. The molecule has 1 saturated carbocycles. The van der Waals surface area contributed by atoms with Crippen LogP contribution < -0.4 is 11.1 Å². The molecule has 0 bridgehead atoms. The third-order valence-corrected chi connectivity index (χ3v) is 10.7. The van der Waals surface area contributed by atoms with E-state index in [1.54, 1.807) is 7.05 Å². The summed E-state index contributed by atoms with van der Waals surface area (Å²) < 4.78 is 44.7. The lowest BCUT2D eigenvalue weighted by Crippen LogP contribution is -2.52. The van der Waals surface area contributed by atoms with Gasteiger partial charge in [0, 0.05) is 38.8 Å². The van der Waals surface area contributed by atoms with Crippen LogP contribution in [0, 0.1) is 6.92 Å². The van der Waals surface area contributed by atoms with Gasteiger partial charge < -0.3 is 20.7 Å². The van der Waals surface area contributed by atoms with Gasteiger partial charge >= 0.3 is 0 Å². The summed E-state index contributed by atoms with van der Waals surface area (Å²) in [6.07, 6.45) is -0.549. The molecule has 0 radical (unpaired) electrons. The Morgan fingerprint density at radius 2 is 1.95 bits per heavy atom. The van der Waals surface area contributed by atoms with Gasteiger partial charge in [0.05, 0.1) is 16.1 Å². The molecule has 208 valence electrons. The standard InChI is InChI=1S/C26H36FN5O5S/c1-17-5-7-18(8-6-17)14-29-23(33)21-19-9-12-32(24(34)22(19)31(4)30-21)15-26(10-11-26)38(35,36)25(2,3)16-37-20(27)13-28/h5-8,20H,9-16,28H2,1-4H3,(H,29,33). The highest BCUT2D eigenvalue weighted by Gasteiger charge is 2.61. The zero-order valence-electron chi connectivity index (χ0n) is 22.3. The number of hydrogen-bond acceptors (Lipinski definition) is 7. The van der Waals surface area contributed by atoms with Gasteiger partial charge in [-0.2, -0.15) is 5.10 Å². The second kappa shape index (κ2) is 10.4. The number of amides is 2. The molecule has 12 heteroatoms. The largest absolute Gasteiger partial charge is 0.347 e. The first-order valence-electron chi connectivity index (χ1n) is 12.7. The Hall–Kier alpha value is -2.83. The minimum absolute atomic E-state index is 0.0209. The van der Waals surface area contributed by atoms with E-state index in [4.69, 9.17) is 10.5 Å². The molecule has 38 heavy (non-hydrogen) atoms. The molecule has 4 rings (SSSR count). The number of alkyl halides is 1. The summed E-state index contributed by atoms with van der Waals surface area (Å²) in [4.78, 5) is 27.9. The number of fused-ring (bicyclic) bond motifs is 1. The summed E-state index contributed by atoms with van der Waals surface area (Å²) in [5, 5.41) is 7.20. The van der Waals surface area contributed by atoms with E-state index in [9.17, 15) is 22.4 Å². The first-order valence-corrected chi connectivity index (χ1v) is 14.2. The number of halogens is 1. The van der Waals surface area contributed by atoms with Gasteiger partial charge in [0.2, 0.25) is 6.36 Å². The van der Waals surface area contributed by atoms with Crippen molar-refractivity contribution in [1.29, 1.82) is 0 Å². The van der Waals surface area contributed by atoms with Gasteiger partial charge in [-0.1, -0.05) is 29.8 Å². The molecule has 2 heterocycles. The SMILES string of the molecule is Cc1ccc(CNC(=O)c2nn(C)c3c2CCN(CC2(S(=O)(=O)C(C)(C)COC(F)CN)CC2)C3=O)cc1. The van der Waals surface area contributed by atoms with Crippen molar-refractivity contribution in [1.82, 2.24) is 20.0 Å². The van der Waals surface area contributed by atoms with E-state index in [0.717, 1.165) is 11.1 Å². The van der Waals surface area contributed by atoms with Crippen LogP contribution in [0.15, 0.2) is 24.3 Å². The Morgan fingerprint density at radius 1 is 1.29 bits per heavy atom. The van der Waals surface area contributed by atoms with Crippen molar-refractivity contribution in [3.8, 4) is 0 Å². The molecule has 2 amide bonds. The molecule has 3 N–H and O–H groups in total. The van der Waals surface area contributed by atoms with Crippen molar-refractivity contribution >= 4 is 21.7 Å². The number of ether oxygens (including phenoxy) is 1. The molecule has 1 aliphatic heterocycles. The van der Waals surface area contributed by atoms with Gasteiger partial charge in [-0.15, -0.1) is 0 Å². The maximum absolute atomic E-state index is 13.6. The number of nitrogens with zero attached hydrogens (tertiary/aromatic N) is 3. The zero-order chi connectivity index (χ0) is 27.9. The summed E-state index contributed by atoms with van der Waals surface area (Å²) in [6, 6.07) is 7.81. The molecule has 0 saturated heterocycles. The van der Waals surface area contributed by atoms with E-state index in [0.29, 0.717) is 31.4 Å². The van der Waals surface area contributed by atoms with Crippen LogP contribution in [-0.4, -0.2) is 77.0 Å². The molecule has 0 spiro atoms. The van der Waals surface area contributed by atoms with Crippen LogP contribution in [0.4, 0.5) is 4.39 Å². The third kappa shape index (κ3) is 5.21. The maximum Gasteiger partial charge on any atom is 0.272 e. The monoisotopic (exact) mass is 549 g/mol. The summed E-state index contributed by atoms with van der Waals surface area (Å²) in [6.45, 7) is 4.92. The lowest BCUT2D eigenvalue weighted by molar-refractivity contribution is -0.0386. The number of aryl methyl sites for hydroxylation is 2. The topological polar surface area (TPSA) is 137 Å². The van der Waals surface area contributed by atoms with Gasteiger partial charge in [0.25, 0.3) is 11.8 Å². The van der Waals surface area contributed by atoms with E-state index in [1.165, 1.54) is 23.4 Å². The quantitative estimate of drug-likeness (QED) is 0.435. The number of benzene rings is 1. The van der Waals surface area contributed by atoms with Crippen molar-refractivity contribution in [2.24, 2.45) is 12.8 Å². The molecule has 1 unspecified atom stereocenters. The lowest BCUT2D eigenvalue weighted by Gasteiger charge is -2.35. The third-order valence-electron chi connectivity index (χ3n) is 7.44. The van der Waals surface area contributed by atoms with Crippen molar-refractivity contribution in [3.63, 3.8) is 0 Å². The molecule has 10 nitrogen and oxygen atoms in total. The highest BCUT2D eigenvalue weighted by molar-refractivity contribution is 7.94. The van der Waals surface area contributed by atoms with E-state index >= 15 is 0 Å². The smallest absolute Gasteiger partial charge is 0.272 e. The van der Waals surface area contributed by atoms with E-state index in [-0.39, 0.29) is 49.4 Å². The van der Waals surface area contributed by atoms with E-state index in [1.807, 2.05) is 31.2 Å². The van der Waals surface area contributed by atoms with E-state index in [2.05, 4.69) is 10.4 Å². The predicted molar refractivity (Wildman–Crippen MR) is 140 cm³/mol. The van der Waals surface area contributed by atoms with Gasteiger partial charge in [0.15, 0.2) is 15.5 Å². The highest BCUT2D eigenvalue weighted by atomic mass is 32.2. The van der Waals surface area contributed by atoms with Crippen LogP contribution in [0.2, 0.25) is 0 Å². The van der Waals surface area contributed by atoms with Gasteiger partial charge in [0.1, 0.15) is 5.69 Å². The maximum atomic E-state index is 13.6. The van der Waals surface area contributed by atoms with Crippen LogP contribution in [0.1, 0.15) is 64.4 Å². The van der Waals surface area contributed by atoms with Crippen LogP contribution >= 0.6 is 0 Å². The first kappa shape index (κ1) is 28.2. The van der Waals surface area contributed by atoms with Crippen LogP contribution in [0.3, 0.4) is 0 Å². The molecule has 1 fully saturated rings. The molecule has 1 aromatic heterocycles. The highest BCUT2D eigenvalue weighted by Crippen LogP contribution is 2.49. The second-order valence-corrected chi connectivity index (χ2v) is 13.8. The number of aromatic nitrogens is 2.